The van der Waals surface area contributed by atoms with Gasteiger partial charge in [0, 0.05) is 5.56 Å². The Morgan fingerprint density at radius 2 is 1.74 bits per heavy atom. The van der Waals surface area contributed by atoms with Crippen LogP contribution >= 0.6 is 15.9 Å². The highest BCUT2D eigenvalue weighted by Gasteiger charge is 2.14. The SMILES string of the molecule is C=CCOc1ccc(C(=O)N/N=C/c2cc(Br)c(OCc3ccc(C(=O)O)cc3)c(OCC)c2)cc1OC. The number of halogens is 1. The van der Waals surface area contributed by atoms with E-state index in [-0.39, 0.29) is 12.2 Å². The van der Waals surface area contributed by atoms with E-state index in [1.165, 1.54) is 25.5 Å². The summed E-state index contributed by atoms with van der Waals surface area (Å²) in [4.78, 5) is 23.6. The molecule has 0 heterocycles. The summed E-state index contributed by atoms with van der Waals surface area (Å²) >= 11 is 3.51. The molecule has 0 saturated carbocycles. The van der Waals surface area contributed by atoms with Crippen molar-refractivity contribution in [1.29, 1.82) is 0 Å². The molecule has 38 heavy (non-hydrogen) atoms. The van der Waals surface area contributed by atoms with Gasteiger partial charge in [-0.05, 0) is 76.4 Å². The second-order valence-electron chi connectivity index (χ2n) is 7.72. The van der Waals surface area contributed by atoms with Crippen molar-refractivity contribution in [2.45, 2.75) is 13.5 Å². The summed E-state index contributed by atoms with van der Waals surface area (Å²) in [6, 6.07) is 14.8. The van der Waals surface area contributed by atoms with E-state index in [0.717, 1.165) is 5.56 Å². The largest absolute Gasteiger partial charge is 0.493 e. The number of amides is 1. The second kappa shape index (κ2) is 13.8. The molecule has 0 atom stereocenters. The van der Waals surface area contributed by atoms with Crippen molar-refractivity contribution in [2.24, 2.45) is 5.10 Å². The highest BCUT2D eigenvalue weighted by atomic mass is 79.9. The average Bonchev–Trinajstić information content (AvgIpc) is 2.91. The van der Waals surface area contributed by atoms with Gasteiger partial charge in [0.25, 0.3) is 5.91 Å². The standard InChI is InChI=1S/C28H27BrN2O7/c1-4-12-37-23-11-10-21(15-24(23)35-3)27(32)31-30-16-19-13-22(29)26(25(14-19)36-5-2)38-17-18-6-8-20(9-7-18)28(33)34/h4,6-11,13-16H,1,5,12,17H2,2-3H3,(H,31,32)(H,33,34)/b30-16+. The van der Waals surface area contributed by atoms with Crippen molar-refractivity contribution in [3.63, 3.8) is 0 Å². The van der Waals surface area contributed by atoms with Crippen LogP contribution in [-0.4, -0.2) is 43.5 Å². The van der Waals surface area contributed by atoms with Gasteiger partial charge in [-0.3, -0.25) is 4.79 Å². The summed E-state index contributed by atoms with van der Waals surface area (Å²) in [5, 5.41) is 13.1. The minimum absolute atomic E-state index is 0.203. The quantitative estimate of drug-likeness (QED) is 0.156. The number of carboxylic acids is 1. The third kappa shape index (κ3) is 7.59. The van der Waals surface area contributed by atoms with Crippen molar-refractivity contribution < 1.29 is 33.6 Å². The van der Waals surface area contributed by atoms with Gasteiger partial charge in [-0.25, -0.2) is 10.2 Å². The van der Waals surface area contributed by atoms with Crippen LogP contribution in [0.1, 0.15) is 38.8 Å². The van der Waals surface area contributed by atoms with Crippen LogP contribution in [0, 0.1) is 0 Å². The number of hydrogen-bond acceptors (Lipinski definition) is 7. The number of hydrogen-bond donors (Lipinski definition) is 2. The summed E-state index contributed by atoms with van der Waals surface area (Å²) in [5.41, 5.74) is 4.50. The molecule has 0 aromatic heterocycles. The Morgan fingerprint density at radius 3 is 2.39 bits per heavy atom. The van der Waals surface area contributed by atoms with Gasteiger partial charge < -0.3 is 24.1 Å². The number of ether oxygens (including phenoxy) is 4. The number of methoxy groups -OCH3 is 1. The van der Waals surface area contributed by atoms with E-state index in [1.54, 1.807) is 48.5 Å². The van der Waals surface area contributed by atoms with Crippen LogP contribution in [0.15, 0.2) is 76.8 Å². The smallest absolute Gasteiger partial charge is 0.335 e. The fraction of sp³-hybridized carbons (Fsp3) is 0.179. The monoisotopic (exact) mass is 582 g/mol. The number of nitrogens with zero attached hydrogens (tertiary/aromatic N) is 1. The molecule has 3 aromatic rings. The lowest BCUT2D eigenvalue weighted by molar-refractivity contribution is 0.0696. The number of hydrazone groups is 1. The first-order valence-corrected chi connectivity index (χ1v) is 12.3. The molecule has 9 nitrogen and oxygen atoms in total. The van der Waals surface area contributed by atoms with Crippen LogP contribution in [0.4, 0.5) is 0 Å². The van der Waals surface area contributed by atoms with E-state index in [0.29, 0.717) is 51.8 Å². The van der Waals surface area contributed by atoms with Crippen molar-refractivity contribution in [2.75, 3.05) is 20.3 Å². The average molecular weight is 583 g/mol. The molecule has 0 spiro atoms. The molecule has 3 aromatic carbocycles. The first kappa shape index (κ1) is 28.3. The predicted molar refractivity (Wildman–Crippen MR) is 147 cm³/mol. The van der Waals surface area contributed by atoms with Gasteiger partial charge in [0.1, 0.15) is 13.2 Å². The predicted octanol–water partition coefficient (Wildman–Crippen LogP) is 5.46. The number of carbonyl (C=O) groups excluding carboxylic acids is 1. The molecule has 1 amide bonds. The molecule has 0 radical (unpaired) electrons. The Labute approximate surface area is 228 Å². The number of nitrogens with one attached hydrogen (secondary N) is 1. The maximum atomic E-state index is 12.6. The molecule has 0 fully saturated rings. The summed E-state index contributed by atoms with van der Waals surface area (Å²) < 4.78 is 23.1. The number of carbonyl (C=O) groups is 2. The number of benzene rings is 3. The molecule has 10 heteroatoms. The zero-order valence-electron chi connectivity index (χ0n) is 20.9. The van der Waals surface area contributed by atoms with Crippen LogP contribution in [-0.2, 0) is 6.61 Å². The fourth-order valence-corrected chi connectivity index (χ4v) is 3.85. The van der Waals surface area contributed by atoms with Gasteiger partial charge in [-0.1, -0.05) is 24.8 Å². The van der Waals surface area contributed by atoms with E-state index in [4.69, 9.17) is 24.1 Å². The lowest BCUT2D eigenvalue weighted by Crippen LogP contribution is -2.17. The molecular weight excluding hydrogens is 556 g/mol. The maximum Gasteiger partial charge on any atom is 0.335 e. The minimum atomic E-state index is -0.987. The molecule has 0 saturated heterocycles. The van der Waals surface area contributed by atoms with E-state index < -0.39 is 11.9 Å². The molecule has 2 N–H and O–H groups in total. The number of aromatic carboxylic acids is 1. The van der Waals surface area contributed by atoms with Crippen LogP contribution < -0.4 is 24.4 Å². The summed E-state index contributed by atoms with van der Waals surface area (Å²) in [6.07, 6.45) is 3.10. The molecule has 0 aliphatic rings. The molecule has 0 unspecified atom stereocenters. The van der Waals surface area contributed by atoms with Gasteiger partial charge in [0.15, 0.2) is 23.0 Å². The van der Waals surface area contributed by atoms with E-state index in [9.17, 15) is 9.59 Å². The Bertz CT molecular complexity index is 1320. The van der Waals surface area contributed by atoms with Crippen LogP contribution in [0.25, 0.3) is 0 Å². The number of carboxylic acid groups (broad SMARTS) is 1. The zero-order chi connectivity index (χ0) is 27.5. The third-order valence-corrected chi connectivity index (χ3v) is 5.67. The molecule has 0 aliphatic heterocycles. The van der Waals surface area contributed by atoms with Crippen LogP contribution in [0.2, 0.25) is 0 Å². The Morgan fingerprint density at radius 1 is 1.00 bits per heavy atom. The van der Waals surface area contributed by atoms with Gasteiger partial charge in [0.05, 0.1) is 30.0 Å². The maximum absolute atomic E-state index is 12.6. The van der Waals surface area contributed by atoms with E-state index in [1.807, 2.05) is 6.92 Å². The molecule has 198 valence electrons. The van der Waals surface area contributed by atoms with Crippen LogP contribution in [0.5, 0.6) is 23.0 Å². The van der Waals surface area contributed by atoms with Crippen molar-refractivity contribution in [3.8, 4) is 23.0 Å². The van der Waals surface area contributed by atoms with Crippen molar-refractivity contribution >= 4 is 34.0 Å². The first-order valence-electron chi connectivity index (χ1n) is 11.5. The Balaban J connectivity index is 1.69. The third-order valence-electron chi connectivity index (χ3n) is 5.08. The van der Waals surface area contributed by atoms with Crippen molar-refractivity contribution in [1.82, 2.24) is 5.43 Å². The minimum Gasteiger partial charge on any atom is -0.493 e. The summed E-state index contributed by atoms with van der Waals surface area (Å²) in [6.45, 7) is 6.39. The topological polar surface area (TPSA) is 116 Å². The molecule has 3 rings (SSSR count). The van der Waals surface area contributed by atoms with E-state index in [2.05, 4.69) is 33.0 Å². The summed E-state index contributed by atoms with van der Waals surface area (Å²) in [7, 11) is 1.49. The lowest BCUT2D eigenvalue weighted by atomic mass is 10.1. The lowest BCUT2D eigenvalue weighted by Gasteiger charge is -2.15. The fourth-order valence-electron chi connectivity index (χ4n) is 3.27. The first-order chi connectivity index (χ1) is 18.4. The van der Waals surface area contributed by atoms with Gasteiger partial charge in [-0.15, -0.1) is 0 Å². The number of rotatable bonds is 13. The normalized spacial score (nSPS) is 10.6. The Kier molecular flexibility index (Phi) is 10.3. The van der Waals surface area contributed by atoms with Crippen LogP contribution in [0.3, 0.4) is 0 Å². The molecular formula is C28H27BrN2O7. The Hall–Kier alpha value is -4.31. The van der Waals surface area contributed by atoms with Gasteiger partial charge in [0.2, 0.25) is 0 Å². The highest BCUT2D eigenvalue weighted by molar-refractivity contribution is 9.10. The highest BCUT2D eigenvalue weighted by Crippen LogP contribution is 2.37. The summed E-state index contributed by atoms with van der Waals surface area (Å²) in [5.74, 6) is 0.479. The zero-order valence-corrected chi connectivity index (χ0v) is 22.5. The van der Waals surface area contributed by atoms with Gasteiger partial charge in [-0.2, -0.15) is 5.10 Å². The second-order valence-corrected chi connectivity index (χ2v) is 8.57. The van der Waals surface area contributed by atoms with Crippen molar-refractivity contribution in [3.05, 3.63) is 94.0 Å². The van der Waals surface area contributed by atoms with Gasteiger partial charge >= 0.3 is 5.97 Å². The molecule has 0 aliphatic carbocycles. The molecule has 0 bridgehead atoms. The van der Waals surface area contributed by atoms with E-state index >= 15 is 0 Å².